The van der Waals surface area contributed by atoms with Gasteiger partial charge in [-0.05, 0) is 64.2 Å². The van der Waals surface area contributed by atoms with Crippen molar-refractivity contribution in [3.8, 4) is 5.75 Å². The fraction of sp³-hybridized carbons (Fsp3) is 0.368. The summed E-state index contributed by atoms with van der Waals surface area (Å²) in [5, 5.41) is 4.19. The normalized spacial score (nSPS) is 17.2. The maximum atomic E-state index is 5.89. The summed E-state index contributed by atoms with van der Waals surface area (Å²) in [6, 6.07) is 13.9. The van der Waals surface area contributed by atoms with Gasteiger partial charge in [0, 0.05) is 24.7 Å². The van der Waals surface area contributed by atoms with Crippen molar-refractivity contribution < 1.29 is 9.47 Å². The smallest absolute Gasteiger partial charge is 0.134 e. The van der Waals surface area contributed by atoms with E-state index in [1.807, 2.05) is 30.3 Å². The van der Waals surface area contributed by atoms with E-state index in [0.717, 1.165) is 46.9 Å². The highest BCUT2D eigenvalue weighted by atomic mass is 79.9. The maximum absolute atomic E-state index is 5.89. The van der Waals surface area contributed by atoms with Gasteiger partial charge in [0.1, 0.15) is 12.4 Å². The Bertz CT molecular complexity index is 657. The lowest BCUT2D eigenvalue weighted by molar-refractivity contribution is 0.110. The van der Waals surface area contributed by atoms with E-state index in [2.05, 4.69) is 33.4 Å². The molecule has 0 aromatic heterocycles. The first-order valence-electron chi connectivity index (χ1n) is 8.19. The van der Waals surface area contributed by atoms with Crippen LogP contribution in [0.5, 0.6) is 5.75 Å². The predicted octanol–water partition coefficient (Wildman–Crippen LogP) is 4.95. The molecule has 0 radical (unpaired) electrons. The first-order valence-corrected chi connectivity index (χ1v) is 9.36. The van der Waals surface area contributed by atoms with Gasteiger partial charge in [-0.2, -0.15) is 0 Å². The first kappa shape index (κ1) is 17.7. The Hall–Kier alpha value is -1.07. The van der Waals surface area contributed by atoms with Crippen LogP contribution in [-0.4, -0.2) is 19.3 Å². The summed E-state index contributed by atoms with van der Waals surface area (Å²) in [7, 11) is 0. The summed E-state index contributed by atoms with van der Waals surface area (Å²) in [6.45, 7) is 3.16. The second-order valence-corrected chi connectivity index (χ2v) is 7.24. The van der Waals surface area contributed by atoms with Gasteiger partial charge in [0.25, 0.3) is 0 Å². The van der Waals surface area contributed by atoms with Gasteiger partial charge >= 0.3 is 0 Å². The average Bonchev–Trinajstić information content (AvgIpc) is 3.09. The lowest BCUT2D eigenvalue weighted by Gasteiger charge is -2.12. The van der Waals surface area contributed by atoms with Crippen molar-refractivity contribution in [1.82, 2.24) is 5.32 Å². The molecule has 5 heteroatoms. The number of halogens is 2. The van der Waals surface area contributed by atoms with Gasteiger partial charge in [0.15, 0.2) is 0 Å². The Morgan fingerprint density at radius 3 is 2.67 bits per heavy atom. The Kier molecular flexibility index (Phi) is 6.55. The molecule has 0 amide bonds. The molecule has 1 heterocycles. The number of benzene rings is 2. The van der Waals surface area contributed by atoms with E-state index in [1.165, 1.54) is 12.0 Å². The molecule has 1 N–H and O–H groups in total. The van der Waals surface area contributed by atoms with Crippen molar-refractivity contribution in [2.24, 2.45) is 0 Å². The minimum atomic E-state index is 0.371. The maximum Gasteiger partial charge on any atom is 0.134 e. The Balaban J connectivity index is 1.49. The second-order valence-electron chi connectivity index (χ2n) is 5.95. The van der Waals surface area contributed by atoms with Gasteiger partial charge < -0.3 is 14.8 Å². The van der Waals surface area contributed by atoms with Crippen molar-refractivity contribution in [3.63, 3.8) is 0 Å². The predicted molar refractivity (Wildman–Crippen MR) is 101 cm³/mol. The molecule has 0 unspecified atom stereocenters. The van der Waals surface area contributed by atoms with Crippen molar-refractivity contribution in [2.45, 2.75) is 32.1 Å². The molecule has 2 aromatic carbocycles. The van der Waals surface area contributed by atoms with Crippen LogP contribution in [0.4, 0.5) is 0 Å². The molecule has 1 atom stereocenters. The third-order valence-electron chi connectivity index (χ3n) is 4.03. The molecule has 1 aliphatic heterocycles. The number of ether oxygens (including phenoxy) is 2. The van der Waals surface area contributed by atoms with Gasteiger partial charge in [0.05, 0.1) is 10.6 Å². The highest BCUT2D eigenvalue weighted by molar-refractivity contribution is 9.10. The zero-order chi connectivity index (χ0) is 16.8. The molecule has 128 valence electrons. The van der Waals surface area contributed by atoms with Gasteiger partial charge in [0.2, 0.25) is 0 Å². The molecule has 0 spiro atoms. The van der Waals surface area contributed by atoms with Crippen molar-refractivity contribution >= 4 is 27.5 Å². The molecular weight excluding hydrogens is 390 g/mol. The summed E-state index contributed by atoms with van der Waals surface area (Å²) in [5.74, 6) is 0.841. The van der Waals surface area contributed by atoms with Crippen LogP contribution in [0.15, 0.2) is 46.9 Å². The number of hydrogen-bond acceptors (Lipinski definition) is 3. The molecule has 1 aliphatic rings. The molecule has 2 aromatic rings. The van der Waals surface area contributed by atoms with Crippen LogP contribution in [0, 0.1) is 0 Å². The third kappa shape index (κ3) is 5.21. The van der Waals surface area contributed by atoms with Crippen LogP contribution in [0.3, 0.4) is 0 Å². The van der Waals surface area contributed by atoms with Crippen LogP contribution < -0.4 is 10.1 Å². The van der Waals surface area contributed by atoms with E-state index in [9.17, 15) is 0 Å². The minimum absolute atomic E-state index is 0.371. The van der Waals surface area contributed by atoms with Crippen molar-refractivity contribution in [1.29, 1.82) is 0 Å². The summed E-state index contributed by atoms with van der Waals surface area (Å²) >= 11 is 9.48. The molecule has 3 rings (SSSR count). The van der Waals surface area contributed by atoms with Crippen LogP contribution in [-0.2, 0) is 17.9 Å². The largest absolute Gasteiger partial charge is 0.488 e. The first-order chi connectivity index (χ1) is 11.7. The van der Waals surface area contributed by atoms with Crippen LogP contribution >= 0.6 is 27.5 Å². The fourth-order valence-electron chi connectivity index (χ4n) is 2.70. The van der Waals surface area contributed by atoms with Crippen LogP contribution in [0.25, 0.3) is 0 Å². The SMILES string of the molecule is Clc1ccc(COc2ccc(CNC[C@H]3CCCO3)cc2Br)cc1. The average molecular weight is 411 g/mol. The Morgan fingerprint density at radius 2 is 1.96 bits per heavy atom. The zero-order valence-corrected chi connectivity index (χ0v) is 15.8. The zero-order valence-electron chi connectivity index (χ0n) is 13.4. The van der Waals surface area contributed by atoms with E-state index in [1.54, 1.807) is 0 Å². The molecule has 0 saturated carbocycles. The number of hydrogen-bond donors (Lipinski definition) is 1. The molecule has 0 bridgehead atoms. The lowest BCUT2D eigenvalue weighted by Crippen LogP contribution is -2.25. The fourth-order valence-corrected chi connectivity index (χ4v) is 3.36. The van der Waals surface area contributed by atoms with Gasteiger partial charge in [-0.1, -0.05) is 29.8 Å². The monoisotopic (exact) mass is 409 g/mol. The Morgan fingerprint density at radius 1 is 1.17 bits per heavy atom. The van der Waals surface area contributed by atoms with E-state index in [-0.39, 0.29) is 0 Å². The van der Waals surface area contributed by atoms with Crippen molar-refractivity contribution in [2.75, 3.05) is 13.2 Å². The highest BCUT2D eigenvalue weighted by Crippen LogP contribution is 2.27. The molecular formula is C19H21BrClNO2. The molecule has 3 nitrogen and oxygen atoms in total. The third-order valence-corrected chi connectivity index (χ3v) is 4.90. The highest BCUT2D eigenvalue weighted by Gasteiger charge is 2.14. The Labute approximate surface area is 156 Å². The lowest BCUT2D eigenvalue weighted by atomic mass is 10.2. The molecule has 1 fully saturated rings. The summed E-state index contributed by atoms with van der Waals surface area (Å²) in [6.07, 6.45) is 2.71. The van der Waals surface area contributed by atoms with E-state index in [0.29, 0.717) is 12.7 Å². The van der Waals surface area contributed by atoms with Crippen LogP contribution in [0.1, 0.15) is 24.0 Å². The standard InChI is InChI=1S/C19H21BrClNO2/c20-18-10-15(11-22-12-17-2-1-9-23-17)5-8-19(18)24-13-14-3-6-16(21)7-4-14/h3-8,10,17,22H,1-2,9,11-13H2/t17-/m1/s1. The second kappa shape index (κ2) is 8.86. The van der Waals surface area contributed by atoms with Gasteiger partial charge in [-0.25, -0.2) is 0 Å². The summed E-state index contributed by atoms with van der Waals surface area (Å²) in [5.41, 5.74) is 2.31. The van der Waals surface area contributed by atoms with Crippen LogP contribution in [0.2, 0.25) is 5.02 Å². The number of rotatable bonds is 7. The topological polar surface area (TPSA) is 30.5 Å². The molecule has 1 saturated heterocycles. The quantitative estimate of drug-likeness (QED) is 0.700. The van der Waals surface area contributed by atoms with E-state index < -0.39 is 0 Å². The molecule has 24 heavy (non-hydrogen) atoms. The van der Waals surface area contributed by atoms with Gasteiger partial charge in [-0.3, -0.25) is 0 Å². The minimum Gasteiger partial charge on any atom is -0.488 e. The van der Waals surface area contributed by atoms with E-state index in [4.69, 9.17) is 21.1 Å². The van der Waals surface area contributed by atoms with Gasteiger partial charge in [-0.15, -0.1) is 0 Å². The number of nitrogens with one attached hydrogen (secondary N) is 1. The summed E-state index contributed by atoms with van der Waals surface area (Å²) in [4.78, 5) is 0. The van der Waals surface area contributed by atoms with E-state index >= 15 is 0 Å². The summed E-state index contributed by atoms with van der Waals surface area (Å²) < 4.78 is 12.5. The molecule has 0 aliphatic carbocycles. The van der Waals surface area contributed by atoms with Crippen molar-refractivity contribution in [3.05, 3.63) is 63.1 Å².